The summed E-state index contributed by atoms with van der Waals surface area (Å²) in [4.78, 5) is 11.6. The van der Waals surface area contributed by atoms with Gasteiger partial charge in [-0.25, -0.2) is 9.67 Å². The van der Waals surface area contributed by atoms with E-state index in [4.69, 9.17) is 9.72 Å². The lowest BCUT2D eigenvalue weighted by Gasteiger charge is -2.32. The third kappa shape index (κ3) is 2.99. The fourth-order valence-corrected chi connectivity index (χ4v) is 4.34. The molecule has 7 nitrogen and oxygen atoms in total. The molecule has 28 heavy (non-hydrogen) atoms. The predicted octanol–water partition coefficient (Wildman–Crippen LogP) is 3.54. The zero-order chi connectivity index (χ0) is 19.3. The van der Waals surface area contributed by atoms with Crippen LogP contribution in [0, 0.1) is 5.92 Å². The summed E-state index contributed by atoms with van der Waals surface area (Å²) in [5.41, 5.74) is 4.48. The first-order valence-corrected chi connectivity index (χ1v) is 9.96. The van der Waals surface area contributed by atoms with Crippen LogP contribution in [-0.4, -0.2) is 45.4 Å². The third-order valence-corrected chi connectivity index (χ3v) is 6.00. The Balaban J connectivity index is 1.48. The van der Waals surface area contributed by atoms with Crippen molar-refractivity contribution in [1.29, 1.82) is 0 Å². The van der Waals surface area contributed by atoms with E-state index in [9.17, 15) is 0 Å². The highest BCUT2D eigenvalue weighted by Gasteiger charge is 2.29. The second-order valence-corrected chi connectivity index (χ2v) is 8.23. The van der Waals surface area contributed by atoms with Crippen LogP contribution in [0.25, 0.3) is 11.0 Å². The third-order valence-electron chi connectivity index (χ3n) is 6.00. The van der Waals surface area contributed by atoms with Crippen LogP contribution < -0.4 is 10.1 Å². The molecule has 0 atom stereocenters. The van der Waals surface area contributed by atoms with E-state index in [1.165, 1.54) is 11.1 Å². The number of nitrogens with zero attached hydrogens (tertiary/aromatic N) is 5. The zero-order valence-corrected chi connectivity index (χ0v) is 16.6. The molecule has 1 N–H and O–H groups in total. The molecule has 3 heterocycles. The molecule has 0 radical (unpaired) electrons. The van der Waals surface area contributed by atoms with Crippen molar-refractivity contribution in [2.45, 2.75) is 38.8 Å². The Hall–Kier alpha value is -2.67. The molecule has 5 rings (SSSR count). The number of fused-ring (bicyclic) bond motifs is 2. The summed E-state index contributed by atoms with van der Waals surface area (Å²) in [6.45, 7) is 4.30. The molecule has 0 unspecified atom stereocenters. The molecule has 0 spiro atoms. The van der Waals surface area contributed by atoms with Crippen molar-refractivity contribution in [3.05, 3.63) is 35.7 Å². The Bertz CT molecular complexity index is 1020. The van der Waals surface area contributed by atoms with Crippen molar-refractivity contribution in [2.75, 3.05) is 26.0 Å². The highest BCUT2D eigenvalue weighted by Crippen LogP contribution is 2.38. The molecule has 1 aliphatic carbocycles. The molecule has 2 aliphatic rings. The van der Waals surface area contributed by atoms with Gasteiger partial charge in [0.05, 0.1) is 30.4 Å². The molecule has 0 amide bonds. The largest absolute Gasteiger partial charge is 0.495 e. The first-order chi connectivity index (χ1) is 13.6. The van der Waals surface area contributed by atoms with Crippen LogP contribution in [0.2, 0.25) is 0 Å². The van der Waals surface area contributed by atoms with Crippen molar-refractivity contribution >= 4 is 22.7 Å². The zero-order valence-electron chi connectivity index (χ0n) is 16.6. The van der Waals surface area contributed by atoms with Gasteiger partial charge in [0.1, 0.15) is 5.75 Å². The van der Waals surface area contributed by atoms with Gasteiger partial charge in [0.15, 0.2) is 5.65 Å². The molecule has 0 saturated heterocycles. The standard InChI is InChI=1S/C21H26N6O/c1-13-6-17(7-13)27-20-16(11-23-27)10-22-21(25-20)24-18-8-15-12-26(2)5-4-14(15)9-19(18)28-3/h8-11,13,17H,4-7,12H2,1-3H3,(H,22,24,25). The van der Waals surface area contributed by atoms with Crippen LogP contribution in [-0.2, 0) is 13.0 Å². The van der Waals surface area contributed by atoms with E-state index in [-0.39, 0.29) is 0 Å². The number of aromatic nitrogens is 4. The van der Waals surface area contributed by atoms with Gasteiger partial charge in [0, 0.05) is 19.3 Å². The SMILES string of the molecule is COc1cc2c(cc1Nc1ncc3cnn(C4CC(C)C4)c3n1)CN(C)CC2. The Morgan fingerprint density at radius 1 is 1.18 bits per heavy atom. The van der Waals surface area contributed by atoms with Gasteiger partial charge in [-0.05, 0) is 55.5 Å². The van der Waals surface area contributed by atoms with Gasteiger partial charge in [-0.3, -0.25) is 0 Å². The maximum atomic E-state index is 5.63. The fraction of sp³-hybridized carbons (Fsp3) is 0.476. The number of hydrogen-bond donors (Lipinski definition) is 1. The molecule has 1 aromatic carbocycles. The van der Waals surface area contributed by atoms with E-state index in [1.807, 2.05) is 12.4 Å². The predicted molar refractivity (Wildman–Crippen MR) is 109 cm³/mol. The highest BCUT2D eigenvalue weighted by atomic mass is 16.5. The van der Waals surface area contributed by atoms with Crippen LogP contribution in [0.4, 0.5) is 11.6 Å². The van der Waals surface area contributed by atoms with Crippen molar-refractivity contribution in [3.63, 3.8) is 0 Å². The van der Waals surface area contributed by atoms with Crippen molar-refractivity contribution in [2.24, 2.45) is 5.92 Å². The van der Waals surface area contributed by atoms with Crippen molar-refractivity contribution in [1.82, 2.24) is 24.6 Å². The van der Waals surface area contributed by atoms with E-state index in [0.717, 1.165) is 60.7 Å². The minimum Gasteiger partial charge on any atom is -0.495 e. The highest BCUT2D eigenvalue weighted by molar-refractivity contribution is 5.76. The number of rotatable bonds is 4. The molecule has 1 saturated carbocycles. The van der Waals surface area contributed by atoms with Crippen LogP contribution >= 0.6 is 0 Å². The fourth-order valence-electron chi connectivity index (χ4n) is 4.34. The van der Waals surface area contributed by atoms with Gasteiger partial charge in [-0.1, -0.05) is 6.92 Å². The van der Waals surface area contributed by atoms with Crippen LogP contribution in [0.5, 0.6) is 5.75 Å². The molecule has 7 heteroatoms. The second-order valence-electron chi connectivity index (χ2n) is 8.23. The first-order valence-electron chi connectivity index (χ1n) is 9.96. The number of methoxy groups -OCH3 is 1. The molecule has 1 fully saturated rings. The summed E-state index contributed by atoms with van der Waals surface area (Å²) in [7, 11) is 3.86. The van der Waals surface area contributed by atoms with E-state index in [2.05, 4.69) is 51.1 Å². The lowest BCUT2D eigenvalue weighted by atomic mass is 9.82. The minimum absolute atomic E-state index is 0.448. The van der Waals surface area contributed by atoms with Gasteiger partial charge in [0.25, 0.3) is 0 Å². The summed E-state index contributed by atoms with van der Waals surface area (Å²) in [6, 6.07) is 4.76. The monoisotopic (exact) mass is 378 g/mol. The van der Waals surface area contributed by atoms with Gasteiger partial charge < -0.3 is 15.0 Å². The second kappa shape index (κ2) is 6.74. The number of hydrogen-bond acceptors (Lipinski definition) is 6. The molecule has 146 valence electrons. The average molecular weight is 378 g/mol. The lowest BCUT2D eigenvalue weighted by Crippen LogP contribution is -2.26. The summed E-state index contributed by atoms with van der Waals surface area (Å²) in [5, 5.41) is 8.91. The quantitative estimate of drug-likeness (QED) is 0.749. The van der Waals surface area contributed by atoms with Gasteiger partial charge >= 0.3 is 0 Å². The maximum absolute atomic E-state index is 5.63. The Morgan fingerprint density at radius 2 is 2.04 bits per heavy atom. The molecular formula is C21H26N6O. The van der Waals surface area contributed by atoms with Crippen LogP contribution in [0.15, 0.2) is 24.5 Å². The van der Waals surface area contributed by atoms with E-state index in [1.54, 1.807) is 7.11 Å². The Labute approximate surface area is 164 Å². The molecule has 1 aliphatic heterocycles. The van der Waals surface area contributed by atoms with Crippen LogP contribution in [0.3, 0.4) is 0 Å². The number of ether oxygens (including phenoxy) is 1. The van der Waals surface area contributed by atoms with Gasteiger partial charge in [-0.2, -0.15) is 10.1 Å². The molecule has 3 aromatic rings. The summed E-state index contributed by atoms with van der Waals surface area (Å²) < 4.78 is 7.69. The minimum atomic E-state index is 0.448. The number of likely N-dealkylation sites (N-methyl/N-ethyl adjacent to an activating group) is 1. The van der Waals surface area contributed by atoms with Crippen molar-refractivity contribution in [3.8, 4) is 5.75 Å². The first kappa shape index (κ1) is 17.4. The van der Waals surface area contributed by atoms with E-state index < -0.39 is 0 Å². The molecule has 2 aromatic heterocycles. The Kier molecular flexibility index (Phi) is 4.19. The summed E-state index contributed by atoms with van der Waals surface area (Å²) in [6.07, 6.45) is 7.07. The van der Waals surface area contributed by atoms with E-state index >= 15 is 0 Å². The topological polar surface area (TPSA) is 68.1 Å². The average Bonchev–Trinajstić information content (AvgIpc) is 3.07. The Morgan fingerprint density at radius 3 is 2.82 bits per heavy atom. The smallest absolute Gasteiger partial charge is 0.229 e. The lowest BCUT2D eigenvalue weighted by molar-refractivity contribution is 0.205. The van der Waals surface area contributed by atoms with Crippen LogP contribution in [0.1, 0.15) is 36.9 Å². The van der Waals surface area contributed by atoms with E-state index in [0.29, 0.717) is 12.0 Å². The van der Waals surface area contributed by atoms with Crippen molar-refractivity contribution < 1.29 is 4.74 Å². The normalized spacial score (nSPS) is 22.0. The van der Waals surface area contributed by atoms with Gasteiger partial charge in [-0.15, -0.1) is 0 Å². The summed E-state index contributed by atoms with van der Waals surface area (Å²) >= 11 is 0. The molecule has 0 bridgehead atoms. The maximum Gasteiger partial charge on any atom is 0.229 e. The number of anilines is 2. The van der Waals surface area contributed by atoms with Gasteiger partial charge in [0.2, 0.25) is 5.95 Å². The summed E-state index contributed by atoms with van der Waals surface area (Å²) in [5.74, 6) is 2.17. The molecular weight excluding hydrogens is 352 g/mol. The number of nitrogens with one attached hydrogen (secondary N) is 1. The number of benzene rings is 1.